The third kappa shape index (κ3) is 3.00. The molecule has 2 aliphatic rings. The molecule has 1 unspecified atom stereocenters. The molecular weight excluding hydrogens is 328 g/mol. The maximum absolute atomic E-state index is 12.6. The van der Waals surface area contributed by atoms with Crippen LogP contribution in [0.2, 0.25) is 0 Å². The first-order valence-electron chi connectivity index (χ1n) is 9.20. The molecule has 3 heterocycles. The fraction of sp³-hybridized carbons (Fsp3) is 0.450. The van der Waals surface area contributed by atoms with Gasteiger partial charge in [0.05, 0.1) is 11.7 Å². The van der Waals surface area contributed by atoms with Gasteiger partial charge in [-0.1, -0.05) is 18.2 Å². The lowest BCUT2D eigenvalue weighted by atomic mass is 10.1. The fourth-order valence-electron chi connectivity index (χ4n) is 4.07. The van der Waals surface area contributed by atoms with Crippen LogP contribution in [0.15, 0.2) is 30.3 Å². The van der Waals surface area contributed by atoms with Crippen LogP contribution in [0.5, 0.6) is 0 Å². The van der Waals surface area contributed by atoms with Crippen molar-refractivity contribution in [3.8, 4) is 0 Å². The Kier molecular flexibility index (Phi) is 4.26. The van der Waals surface area contributed by atoms with Crippen LogP contribution >= 0.6 is 0 Å². The third-order valence-corrected chi connectivity index (χ3v) is 5.40. The molecule has 1 atom stereocenters. The quantitative estimate of drug-likeness (QED) is 0.848. The molecule has 1 aromatic carbocycles. The first-order chi connectivity index (χ1) is 12.5. The van der Waals surface area contributed by atoms with Crippen molar-refractivity contribution in [3.63, 3.8) is 0 Å². The number of benzene rings is 1. The van der Waals surface area contributed by atoms with E-state index >= 15 is 0 Å². The molecule has 2 amide bonds. The standard InChI is InChI=1S/C20H24N4O2/c1-14-11-15(2)24(21-14)17-7-9-22(13-17)19(25)8-10-23-12-16-5-3-4-6-18(16)20(23)26/h3-6,11,17H,7-10,12-13H2,1-2H3. The van der Waals surface area contributed by atoms with Gasteiger partial charge in [-0.3, -0.25) is 14.3 Å². The van der Waals surface area contributed by atoms with Crippen LogP contribution in [0, 0.1) is 13.8 Å². The Morgan fingerprint density at radius 3 is 2.81 bits per heavy atom. The molecule has 0 aliphatic carbocycles. The summed E-state index contributed by atoms with van der Waals surface area (Å²) in [6, 6.07) is 10.00. The SMILES string of the molecule is Cc1cc(C)n(C2CCN(C(=O)CCN3Cc4ccccc4C3=O)C2)n1. The zero-order valence-corrected chi connectivity index (χ0v) is 15.3. The second-order valence-electron chi connectivity index (χ2n) is 7.29. The summed E-state index contributed by atoms with van der Waals surface area (Å²) in [5.74, 6) is 0.160. The molecule has 26 heavy (non-hydrogen) atoms. The van der Waals surface area contributed by atoms with Crippen LogP contribution in [0.3, 0.4) is 0 Å². The van der Waals surface area contributed by atoms with E-state index in [1.54, 1.807) is 4.90 Å². The summed E-state index contributed by atoms with van der Waals surface area (Å²) in [5, 5.41) is 4.55. The smallest absolute Gasteiger partial charge is 0.254 e. The summed E-state index contributed by atoms with van der Waals surface area (Å²) >= 11 is 0. The van der Waals surface area contributed by atoms with Crippen LogP contribution < -0.4 is 0 Å². The number of aromatic nitrogens is 2. The van der Waals surface area contributed by atoms with Crippen LogP contribution in [-0.2, 0) is 11.3 Å². The zero-order chi connectivity index (χ0) is 18.3. The number of hydrogen-bond acceptors (Lipinski definition) is 3. The average Bonchev–Trinajstić information content (AvgIpc) is 3.31. The number of nitrogens with zero attached hydrogens (tertiary/aromatic N) is 4. The van der Waals surface area contributed by atoms with Gasteiger partial charge >= 0.3 is 0 Å². The van der Waals surface area contributed by atoms with Crippen molar-refractivity contribution in [2.75, 3.05) is 19.6 Å². The van der Waals surface area contributed by atoms with Crippen molar-refractivity contribution in [2.45, 2.75) is 39.3 Å². The van der Waals surface area contributed by atoms with E-state index in [1.807, 2.05) is 40.8 Å². The molecule has 0 N–H and O–H groups in total. The Balaban J connectivity index is 1.32. The molecule has 1 saturated heterocycles. The number of hydrogen-bond donors (Lipinski definition) is 0. The van der Waals surface area contributed by atoms with Crippen molar-refractivity contribution in [1.82, 2.24) is 19.6 Å². The molecule has 1 aromatic heterocycles. The van der Waals surface area contributed by atoms with Gasteiger partial charge in [0.1, 0.15) is 0 Å². The lowest BCUT2D eigenvalue weighted by Gasteiger charge is -2.20. The molecule has 2 aliphatic heterocycles. The number of carbonyl (C=O) groups excluding carboxylic acids is 2. The fourth-order valence-corrected chi connectivity index (χ4v) is 4.07. The van der Waals surface area contributed by atoms with E-state index in [9.17, 15) is 9.59 Å². The van der Waals surface area contributed by atoms with E-state index in [1.165, 1.54) is 0 Å². The summed E-state index contributed by atoms with van der Waals surface area (Å²) in [6.07, 6.45) is 1.31. The van der Waals surface area contributed by atoms with Crippen LogP contribution in [0.1, 0.15) is 46.2 Å². The van der Waals surface area contributed by atoms with Gasteiger partial charge in [0.25, 0.3) is 5.91 Å². The van der Waals surface area contributed by atoms with E-state index in [2.05, 4.69) is 18.1 Å². The number of rotatable bonds is 4. The first kappa shape index (κ1) is 16.8. The van der Waals surface area contributed by atoms with Crippen LogP contribution in [0.25, 0.3) is 0 Å². The van der Waals surface area contributed by atoms with Gasteiger partial charge in [0, 0.05) is 43.9 Å². The lowest BCUT2D eigenvalue weighted by molar-refractivity contribution is -0.130. The number of carbonyl (C=O) groups is 2. The van der Waals surface area contributed by atoms with Crippen molar-refractivity contribution in [2.24, 2.45) is 0 Å². The van der Waals surface area contributed by atoms with Gasteiger partial charge in [0.2, 0.25) is 5.91 Å². The highest BCUT2D eigenvalue weighted by Crippen LogP contribution is 2.25. The number of amides is 2. The van der Waals surface area contributed by atoms with Crippen LogP contribution in [-0.4, -0.2) is 51.0 Å². The molecule has 136 valence electrons. The highest BCUT2D eigenvalue weighted by atomic mass is 16.2. The minimum atomic E-state index is 0.0374. The molecule has 1 fully saturated rings. The Morgan fingerprint density at radius 1 is 1.27 bits per heavy atom. The predicted octanol–water partition coefficient (Wildman–Crippen LogP) is 2.32. The molecule has 2 aromatic rings. The van der Waals surface area contributed by atoms with Crippen molar-refractivity contribution in [1.29, 1.82) is 0 Å². The Morgan fingerprint density at radius 2 is 2.08 bits per heavy atom. The summed E-state index contributed by atoms with van der Waals surface area (Å²) in [7, 11) is 0. The number of likely N-dealkylation sites (tertiary alicyclic amines) is 1. The summed E-state index contributed by atoms with van der Waals surface area (Å²) in [6.45, 7) is 6.60. The lowest BCUT2D eigenvalue weighted by Crippen LogP contribution is -2.33. The molecule has 6 nitrogen and oxygen atoms in total. The minimum Gasteiger partial charge on any atom is -0.340 e. The van der Waals surface area contributed by atoms with E-state index < -0.39 is 0 Å². The maximum Gasteiger partial charge on any atom is 0.254 e. The van der Waals surface area contributed by atoms with E-state index in [0.717, 1.165) is 35.5 Å². The first-order valence-corrected chi connectivity index (χ1v) is 9.20. The predicted molar refractivity (Wildman–Crippen MR) is 97.7 cm³/mol. The third-order valence-electron chi connectivity index (χ3n) is 5.40. The molecule has 4 rings (SSSR count). The van der Waals surface area contributed by atoms with Crippen molar-refractivity contribution >= 4 is 11.8 Å². The Hall–Kier alpha value is -2.63. The zero-order valence-electron chi connectivity index (χ0n) is 15.3. The second kappa shape index (κ2) is 6.59. The van der Waals surface area contributed by atoms with Gasteiger partial charge in [-0.2, -0.15) is 5.10 Å². The van der Waals surface area contributed by atoms with E-state index in [0.29, 0.717) is 26.1 Å². The molecule has 0 spiro atoms. The van der Waals surface area contributed by atoms with Crippen molar-refractivity contribution in [3.05, 3.63) is 52.8 Å². The molecule has 6 heteroatoms. The van der Waals surface area contributed by atoms with Gasteiger partial charge in [-0.25, -0.2) is 0 Å². The van der Waals surface area contributed by atoms with Gasteiger partial charge in [0.15, 0.2) is 0 Å². The average molecular weight is 352 g/mol. The van der Waals surface area contributed by atoms with Gasteiger partial charge in [-0.15, -0.1) is 0 Å². The summed E-state index contributed by atoms with van der Waals surface area (Å²) in [4.78, 5) is 28.7. The maximum atomic E-state index is 12.6. The highest BCUT2D eigenvalue weighted by Gasteiger charge is 2.31. The molecular formula is C20H24N4O2. The second-order valence-corrected chi connectivity index (χ2v) is 7.29. The summed E-state index contributed by atoms with van der Waals surface area (Å²) in [5.41, 5.74) is 3.98. The molecule has 0 bridgehead atoms. The van der Waals surface area contributed by atoms with Crippen molar-refractivity contribution < 1.29 is 9.59 Å². The van der Waals surface area contributed by atoms with Gasteiger partial charge < -0.3 is 9.80 Å². The normalized spacial score (nSPS) is 19.3. The molecule has 0 radical (unpaired) electrons. The van der Waals surface area contributed by atoms with Gasteiger partial charge in [-0.05, 0) is 38.0 Å². The molecule has 0 saturated carbocycles. The summed E-state index contributed by atoms with van der Waals surface area (Å²) < 4.78 is 2.04. The Labute approximate surface area is 153 Å². The van der Waals surface area contributed by atoms with Crippen LogP contribution in [0.4, 0.5) is 0 Å². The number of fused-ring (bicyclic) bond motifs is 1. The van der Waals surface area contributed by atoms with E-state index in [-0.39, 0.29) is 17.9 Å². The Bertz CT molecular complexity index is 857. The highest BCUT2D eigenvalue weighted by molar-refractivity contribution is 5.98. The largest absolute Gasteiger partial charge is 0.340 e. The number of aryl methyl sites for hydroxylation is 2. The minimum absolute atomic E-state index is 0.0374. The van der Waals surface area contributed by atoms with E-state index in [4.69, 9.17) is 0 Å². The topological polar surface area (TPSA) is 58.4 Å². The monoisotopic (exact) mass is 352 g/mol.